The lowest BCUT2D eigenvalue weighted by molar-refractivity contribution is -0.121. The average Bonchev–Trinajstić information content (AvgIpc) is 3.29. The summed E-state index contributed by atoms with van der Waals surface area (Å²) in [6, 6.07) is 4.76. The molecule has 8 heteroatoms. The highest BCUT2D eigenvalue weighted by Gasteiger charge is 2.34. The summed E-state index contributed by atoms with van der Waals surface area (Å²) < 4.78 is 27.0. The molecule has 3 aliphatic heterocycles. The molecule has 2 atom stereocenters. The number of nitrogens with one attached hydrogen (secondary N) is 2. The zero-order valence-corrected chi connectivity index (χ0v) is 15.9. The van der Waals surface area contributed by atoms with Crippen molar-refractivity contribution in [1.82, 2.24) is 14.9 Å². The predicted octanol–water partition coefficient (Wildman–Crippen LogP) is 1.47. The third kappa shape index (κ3) is 3.77. The highest BCUT2D eigenvalue weighted by Crippen LogP contribution is 2.29. The summed E-state index contributed by atoms with van der Waals surface area (Å²) in [7, 11) is -3.38. The Bertz CT molecular complexity index is 728. The Balaban J connectivity index is 1.35. The quantitative estimate of drug-likeness (QED) is 0.807. The maximum absolute atomic E-state index is 12.6. The van der Waals surface area contributed by atoms with Gasteiger partial charge >= 0.3 is 0 Å². The molecule has 0 saturated carbocycles. The van der Waals surface area contributed by atoms with Crippen LogP contribution in [-0.2, 0) is 21.2 Å². The molecule has 0 radical (unpaired) electrons. The van der Waals surface area contributed by atoms with Crippen LogP contribution in [0.4, 0.5) is 0 Å². The number of thiophene rings is 1. The first-order valence-electron chi connectivity index (χ1n) is 9.15. The Labute approximate surface area is 153 Å². The minimum atomic E-state index is -3.38. The second-order valence-electron chi connectivity index (χ2n) is 7.38. The van der Waals surface area contributed by atoms with Gasteiger partial charge in [0, 0.05) is 36.1 Å². The Morgan fingerprint density at radius 3 is 2.56 bits per heavy atom. The monoisotopic (exact) mass is 383 g/mol. The topological polar surface area (TPSA) is 78.5 Å². The summed E-state index contributed by atoms with van der Waals surface area (Å²) in [5.74, 6) is -0.00160. The molecule has 1 amide bonds. The van der Waals surface area contributed by atoms with Crippen molar-refractivity contribution < 1.29 is 13.2 Å². The molecule has 4 rings (SSSR count). The van der Waals surface area contributed by atoms with E-state index in [4.69, 9.17) is 0 Å². The number of rotatable bonds is 5. The lowest BCUT2D eigenvalue weighted by atomic mass is 10.00. The van der Waals surface area contributed by atoms with Gasteiger partial charge < -0.3 is 10.6 Å². The first-order valence-corrected chi connectivity index (χ1v) is 11.4. The van der Waals surface area contributed by atoms with E-state index in [0.717, 1.165) is 30.6 Å². The van der Waals surface area contributed by atoms with E-state index in [0.29, 0.717) is 29.4 Å². The standard InChI is InChI=1S/C17H25N3O3S2/c21-16(19-14-9-12-3-4-13(10-14)18-12)11-15-5-6-17(24-15)25(22,23)20-7-1-2-8-20/h5-6,12-14,18H,1-4,7-11H2,(H,19,21). The van der Waals surface area contributed by atoms with Crippen LogP contribution < -0.4 is 10.6 Å². The van der Waals surface area contributed by atoms with Gasteiger partial charge in [0.05, 0.1) is 6.42 Å². The molecular formula is C17H25N3O3S2. The van der Waals surface area contributed by atoms with Gasteiger partial charge in [-0.15, -0.1) is 11.3 Å². The Morgan fingerprint density at radius 2 is 1.88 bits per heavy atom. The van der Waals surface area contributed by atoms with Gasteiger partial charge in [-0.05, 0) is 50.7 Å². The van der Waals surface area contributed by atoms with Crippen molar-refractivity contribution in [2.45, 2.75) is 67.3 Å². The molecule has 3 saturated heterocycles. The van der Waals surface area contributed by atoms with Gasteiger partial charge in [-0.3, -0.25) is 4.79 Å². The van der Waals surface area contributed by atoms with Crippen LogP contribution in [0.15, 0.2) is 16.3 Å². The van der Waals surface area contributed by atoms with Crippen LogP contribution in [0, 0.1) is 0 Å². The highest BCUT2D eigenvalue weighted by atomic mass is 32.2. The van der Waals surface area contributed by atoms with E-state index < -0.39 is 10.0 Å². The summed E-state index contributed by atoms with van der Waals surface area (Å²) >= 11 is 1.23. The first-order chi connectivity index (χ1) is 12.0. The summed E-state index contributed by atoms with van der Waals surface area (Å²) in [5, 5.41) is 6.71. The summed E-state index contributed by atoms with van der Waals surface area (Å²) in [6.45, 7) is 1.21. The number of carbonyl (C=O) groups excluding carboxylic acids is 1. The molecule has 2 bridgehead atoms. The van der Waals surface area contributed by atoms with Gasteiger partial charge in [0.15, 0.2) is 0 Å². The molecule has 0 aromatic carbocycles. The van der Waals surface area contributed by atoms with Crippen LogP contribution in [0.2, 0.25) is 0 Å². The number of amides is 1. The van der Waals surface area contributed by atoms with Crippen LogP contribution in [0.5, 0.6) is 0 Å². The SMILES string of the molecule is O=C(Cc1ccc(S(=O)(=O)N2CCCC2)s1)NC1CC2CCC(C1)N2. The molecule has 6 nitrogen and oxygen atoms in total. The second kappa shape index (κ2) is 6.98. The summed E-state index contributed by atoms with van der Waals surface area (Å²) in [6.07, 6.45) is 6.54. The number of hydrogen-bond donors (Lipinski definition) is 2. The second-order valence-corrected chi connectivity index (χ2v) is 10.7. The van der Waals surface area contributed by atoms with Crippen molar-refractivity contribution in [3.8, 4) is 0 Å². The molecule has 1 aromatic heterocycles. The lowest BCUT2D eigenvalue weighted by Crippen LogP contribution is -2.48. The van der Waals surface area contributed by atoms with E-state index in [1.807, 2.05) is 0 Å². The van der Waals surface area contributed by atoms with Crippen LogP contribution >= 0.6 is 11.3 Å². The van der Waals surface area contributed by atoms with E-state index in [9.17, 15) is 13.2 Å². The van der Waals surface area contributed by atoms with Gasteiger partial charge in [0.2, 0.25) is 5.91 Å². The average molecular weight is 384 g/mol. The summed E-state index contributed by atoms with van der Waals surface area (Å²) in [5.41, 5.74) is 0. The van der Waals surface area contributed by atoms with Crippen molar-refractivity contribution >= 4 is 27.3 Å². The van der Waals surface area contributed by atoms with Crippen molar-refractivity contribution in [2.75, 3.05) is 13.1 Å². The number of hydrogen-bond acceptors (Lipinski definition) is 5. The maximum Gasteiger partial charge on any atom is 0.252 e. The number of piperidine rings is 1. The van der Waals surface area contributed by atoms with Gasteiger partial charge in [0.1, 0.15) is 4.21 Å². The van der Waals surface area contributed by atoms with Crippen LogP contribution in [0.3, 0.4) is 0 Å². The molecule has 0 spiro atoms. The van der Waals surface area contributed by atoms with Gasteiger partial charge in [-0.2, -0.15) is 4.31 Å². The smallest absolute Gasteiger partial charge is 0.252 e. The van der Waals surface area contributed by atoms with Crippen molar-refractivity contribution in [3.05, 3.63) is 17.0 Å². The molecule has 1 aromatic rings. The predicted molar refractivity (Wildman–Crippen MR) is 97.1 cm³/mol. The molecule has 3 fully saturated rings. The molecule has 2 N–H and O–H groups in total. The van der Waals surface area contributed by atoms with Crippen molar-refractivity contribution in [1.29, 1.82) is 0 Å². The number of sulfonamides is 1. The highest BCUT2D eigenvalue weighted by molar-refractivity contribution is 7.91. The van der Waals surface area contributed by atoms with E-state index in [1.54, 1.807) is 16.4 Å². The van der Waals surface area contributed by atoms with E-state index in [-0.39, 0.29) is 18.4 Å². The Kier molecular flexibility index (Phi) is 4.87. The maximum atomic E-state index is 12.6. The number of nitrogens with zero attached hydrogens (tertiary/aromatic N) is 1. The number of fused-ring (bicyclic) bond motifs is 2. The van der Waals surface area contributed by atoms with E-state index >= 15 is 0 Å². The third-order valence-electron chi connectivity index (χ3n) is 5.47. The number of carbonyl (C=O) groups is 1. The van der Waals surface area contributed by atoms with Crippen LogP contribution in [0.1, 0.15) is 43.4 Å². The minimum absolute atomic E-state index is 0.00160. The van der Waals surface area contributed by atoms with Crippen molar-refractivity contribution in [2.24, 2.45) is 0 Å². The fourth-order valence-electron chi connectivity index (χ4n) is 4.26. The largest absolute Gasteiger partial charge is 0.353 e. The van der Waals surface area contributed by atoms with Crippen LogP contribution in [0.25, 0.3) is 0 Å². The molecule has 0 aliphatic carbocycles. The normalized spacial score (nSPS) is 29.8. The summed E-state index contributed by atoms with van der Waals surface area (Å²) in [4.78, 5) is 13.2. The third-order valence-corrected chi connectivity index (χ3v) is 8.92. The fourth-order valence-corrected chi connectivity index (χ4v) is 7.29. The fraction of sp³-hybridized carbons (Fsp3) is 0.706. The van der Waals surface area contributed by atoms with E-state index in [1.165, 1.54) is 24.2 Å². The molecule has 3 aliphatic rings. The molecule has 2 unspecified atom stereocenters. The van der Waals surface area contributed by atoms with E-state index in [2.05, 4.69) is 10.6 Å². The molecule has 25 heavy (non-hydrogen) atoms. The zero-order chi connectivity index (χ0) is 17.4. The Hall–Kier alpha value is -0.960. The molecule has 4 heterocycles. The molecular weight excluding hydrogens is 358 g/mol. The minimum Gasteiger partial charge on any atom is -0.353 e. The van der Waals surface area contributed by atoms with Crippen molar-refractivity contribution in [3.63, 3.8) is 0 Å². The zero-order valence-electron chi connectivity index (χ0n) is 14.2. The van der Waals surface area contributed by atoms with Gasteiger partial charge in [-0.1, -0.05) is 0 Å². The first kappa shape index (κ1) is 17.5. The lowest BCUT2D eigenvalue weighted by Gasteiger charge is -2.29. The van der Waals surface area contributed by atoms with Gasteiger partial charge in [0.25, 0.3) is 10.0 Å². The van der Waals surface area contributed by atoms with Crippen LogP contribution in [-0.4, -0.2) is 49.8 Å². The van der Waals surface area contributed by atoms with Gasteiger partial charge in [-0.25, -0.2) is 8.42 Å². The Morgan fingerprint density at radius 1 is 1.20 bits per heavy atom. The molecule has 138 valence electrons.